The average molecular weight is 258 g/mol. The molecule has 1 aromatic heterocycles. The van der Waals surface area contributed by atoms with Crippen LogP contribution >= 0.6 is 15.9 Å². The normalized spacial score (nSPS) is 22.1. The monoisotopic (exact) mass is 257 g/mol. The van der Waals surface area contributed by atoms with E-state index in [-0.39, 0.29) is 10.7 Å². The maximum Gasteiger partial charge on any atom is 0.240 e. The van der Waals surface area contributed by atoms with Gasteiger partial charge in [0.1, 0.15) is 0 Å². The van der Waals surface area contributed by atoms with Crippen LogP contribution in [0.3, 0.4) is 0 Å². The summed E-state index contributed by atoms with van der Waals surface area (Å²) in [6, 6.07) is 0. The Morgan fingerprint density at radius 3 is 2.79 bits per heavy atom. The van der Waals surface area contributed by atoms with Crippen molar-refractivity contribution in [2.45, 2.75) is 18.2 Å². The number of amides is 1. The van der Waals surface area contributed by atoms with Gasteiger partial charge in [0.25, 0.3) is 0 Å². The summed E-state index contributed by atoms with van der Waals surface area (Å²) >= 11 is 3.35. The van der Waals surface area contributed by atoms with Gasteiger partial charge in [-0.15, -0.1) is 0 Å². The molecule has 1 fully saturated rings. The summed E-state index contributed by atoms with van der Waals surface area (Å²) in [4.78, 5) is 13.5. The molecule has 0 aromatic carbocycles. The number of hydrogen-bond donors (Lipinski definition) is 0. The lowest BCUT2D eigenvalue weighted by Crippen LogP contribution is -2.27. The van der Waals surface area contributed by atoms with Crippen LogP contribution in [0.25, 0.3) is 0 Å². The molecule has 0 aliphatic carbocycles. The first-order valence-corrected chi connectivity index (χ1v) is 5.47. The number of rotatable bonds is 1. The summed E-state index contributed by atoms with van der Waals surface area (Å²) in [6.45, 7) is 2.70. The van der Waals surface area contributed by atoms with Crippen molar-refractivity contribution in [1.82, 2.24) is 9.78 Å². The van der Waals surface area contributed by atoms with Crippen LogP contribution in [0.5, 0.6) is 0 Å². The number of carbonyl (C=O) groups excluding carboxylic acids is 1. The van der Waals surface area contributed by atoms with Gasteiger partial charge < -0.3 is 4.90 Å². The zero-order chi connectivity index (χ0) is 10.3. The predicted octanol–water partition coefficient (Wildman–Crippen LogP) is 1.23. The van der Waals surface area contributed by atoms with E-state index in [1.54, 1.807) is 9.58 Å². The van der Waals surface area contributed by atoms with Crippen LogP contribution in [0.1, 0.15) is 12.1 Å². The van der Waals surface area contributed by atoms with Gasteiger partial charge in [-0.2, -0.15) is 5.10 Å². The first kappa shape index (κ1) is 9.71. The van der Waals surface area contributed by atoms with Crippen molar-refractivity contribution >= 4 is 27.5 Å². The molecule has 0 spiro atoms. The minimum Gasteiger partial charge on any atom is -0.308 e. The van der Waals surface area contributed by atoms with Crippen molar-refractivity contribution in [3.63, 3.8) is 0 Å². The number of alkyl halides is 1. The van der Waals surface area contributed by atoms with Crippen molar-refractivity contribution < 1.29 is 4.79 Å². The molecule has 0 saturated carbocycles. The Kier molecular flexibility index (Phi) is 2.34. The van der Waals surface area contributed by atoms with Crippen LogP contribution in [-0.4, -0.2) is 27.1 Å². The first-order chi connectivity index (χ1) is 6.59. The molecule has 1 atom stereocenters. The van der Waals surface area contributed by atoms with Gasteiger partial charge in [-0.25, -0.2) is 0 Å². The number of anilines is 1. The van der Waals surface area contributed by atoms with E-state index in [4.69, 9.17) is 0 Å². The SMILES string of the molecule is Cc1nn(C)cc1N1CCC(Br)C1=O. The second-order valence-electron chi connectivity index (χ2n) is 3.52. The molecular weight excluding hydrogens is 246 g/mol. The minimum absolute atomic E-state index is 0.0258. The van der Waals surface area contributed by atoms with Gasteiger partial charge in [-0.05, 0) is 13.3 Å². The van der Waals surface area contributed by atoms with Crippen LogP contribution in [-0.2, 0) is 11.8 Å². The lowest BCUT2D eigenvalue weighted by atomic mass is 10.3. The molecule has 1 aliphatic rings. The number of aromatic nitrogens is 2. The zero-order valence-corrected chi connectivity index (χ0v) is 9.78. The molecule has 2 heterocycles. The molecule has 14 heavy (non-hydrogen) atoms. The summed E-state index contributed by atoms with van der Waals surface area (Å²) in [7, 11) is 1.86. The molecule has 0 radical (unpaired) electrons. The quantitative estimate of drug-likeness (QED) is 0.710. The average Bonchev–Trinajstić information content (AvgIpc) is 2.59. The van der Waals surface area contributed by atoms with Crippen LogP contribution in [0.4, 0.5) is 5.69 Å². The van der Waals surface area contributed by atoms with Gasteiger partial charge in [0.05, 0.1) is 16.2 Å². The highest BCUT2D eigenvalue weighted by molar-refractivity contribution is 9.10. The highest BCUT2D eigenvalue weighted by Crippen LogP contribution is 2.26. The van der Waals surface area contributed by atoms with Crippen molar-refractivity contribution in [2.24, 2.45) is 7.05 Å². The highest BCUT2D eigenvalue weighted by Gasteiger charge is 2.31. The minimum atomic E-state index is -0.0258. The molecule has 1 unspecified atom stereocenters. The van der Waals surface area contributed by atoms with E-state index in [9.17, 15) is 4.79 Å². The fourth-order valence-corrected chi connectivity index (χ4v) is 2.19. The largest absolute Gasteiger partial charge is 0.308 e. The van der Waals surface area contributed by atoms with Crippen LogP contribution in [0.15, 0.2) is 6.20 Å². The smallest absolute Gasteiger partial charge is 0.240 e. The lowest BCUT2D eigenvalue weighted by Gasteiger charge is -2.13. The molecule has 2 rings (SSSR count). The van der Waals surface area contributed by atoms with E-state index in [0.717, 1.165) is 24.3 Å². The highest BCUT2D eigenvalue weighted by atomic mass is 79.9. The number of aryl methyl sites for hydroxylation is 2. The van der Waals surface area contributed by atoms with E-state index in [0.29, 0.717) is 0 Å². The summed E-state index contributed by atoms with van der Waals surface area (Å²) in [6.07, 6.45) is 2.76. The molecule has 76 valence electrons. The molecule has 0 bridgehead atoms. The number of halogens is 1. The Balaban J connectivity index is 2.32. The summed E-state index contributed by atoms with van der Waals surface area (Å²) < 4.78 is 1.74. The Hall–Kier alpha value is -0.840. The van der Waals surface area contributed by atoms with E-state index in [1.807, 2.05) is 20.2 Å². The van der Waals surface area contributed by atoms with Gasteiger partial charge >= 0.3 is 0 Å². The van der Waals surface area contributed by atoms with Crippen molar-refractivity contribution in [2.75, 3.05) is 11.4 Å². The third-order valence-electron chi connectivity index (χ3n) is 2.42. The van der Waals surface area contributed by atoms with Gasteiger partial charge in [-0.1, -0.05) is 15.9 Å². The standard InChI is InChI=1S/C9H12BrN3O/c1-6-8(5-12(2)11-6)13-4-3-7(10)9(13)14/h5,7H,3-4H2,1-2H3. The summed E-state index contributed by atoms with van der Waals surface area (Å²) in [5, 5.41) is 4.22. The van der Waals surface area contributed by atoms with Gasteiger partial charge in [0.2, 0.25) is 5.91 Å². The number of nitrogens with zero attached hydrogens (tertiary/aromatic N) is 3. The molecule has 1 aromatic rings. The first-order valence-electron chi connectivity index (χ1n) is 4.55. The van der Waals surface area contributed by atoms with Crippen LogP contribution < -0.4 is 4.90 Å². The fraction of sp³-hybridized carbons (Fsp3) is 0.556. The fourth-order valence-electron chi connectivity index (χ4n) is 1.74. The third kappa shape index (κ3) is 1.45. The maximum absolute atomic E-state index is 11.7. The van der Waals surface area contributed by atoms with Gasteiger partial charge in [0.15, 0.2) is 0 Å². The van der Waals surface area contributed by atoms with E-state index >= 15 is 0 Å². The molecule has 5 heteroatoms. The molecule has 1 amide bonds. The Labute approximate surface area is 91.0 Å². The summed E-state index contributed by atoms with van der Waals surface area (Å²) in [5.41, 5.74) is 1.84. The van der Waals surface area contributed by atoms with Crippen LogP contribution in [0, 0.1) is 6.92 Å². The van der Waals surface area contributed by atoms with E-state index < -0.39 is 0 Å². The van der Waals surface area contributed by atoms with Gasteiger partial charge in [0, 0.05) is 19.8 Å². The maximum atomic E-state index is 11.7. The Morgan fingerprint density at radius 2 is 2.36 bits per heavy atom. The topological polar surface area (TPSA) is 38.1 Å². The van der Waals surface area contributed by atoms with Gasteiger partial charge in [-0.3, -0.25) is 9.48 Å². The van der Waals surface area contributed by atoms with Crippen molar-refractivity contribution in [1.29, 1.82) is 0 Å². The molecule has 1 aliphatic heterocycles. The molecule has 4 nitrogen and oxygen atoms in total. The van der Waals surface area contributed by atoms with Crippen LogP contribution in [0.2, 0.25) is 0 Å². The Bertz CT molecular complexity index is 374. The third-order valence-corrected chi connectivity index (χ3v) is 3.27. The molecular formula is C9H12BrN3O. The zero-order valence-electron chi connectivity index (χ0n) is 8.20. The van der Waals surface area contributed by atoms with Crippen molar-refractivity contribution in [3.05, 3.63) is 11.9 Å². The second-order valence-corrected chi connectivity index (χ2v) is 4.62. The number of carbonyl (C=O) groups is 1. The van der Waals surface area contributed by atoms with Crippen molar-refractivity contribution in [3.8, 4) is 0 Å². The molecule has 0 N–H and O–H groups in total. The lowest BCUT2D eigenvalue weighted by molar-refractivity contribution is -0.116. The second kappa shape index (κ2) is 3.38. The Morgan fingerprint density at radius 1 is 1.64 bits per heavy atom. The number of hydrogen-bond acceptors (Lipinski definition) is 2. The van der Waals surface area contributed by atoms with E-state index in [2.05, 4.69) is 21.0 Å². The predicted molar refractivity (Wildman–Crippen MR) is 57.6 cm³/mol. The summed E-state index contributed by atoms with van der Waals surface area (Å²) in [5.74, 6) is 0.140. The van der Waals surface area contributed by atoms with E-state index in [1.165, 1.54) is 0 Å². The molecule has 1 saturated heterocycles.